The van der Waals surface area contributed by atoms with Gasteiger partial charge in [0.15, 0.2) is 0 Å². The first-order chi connectivity index (χ1) is 9.91. The van der Waals surface area contributed by atoms with Gasteiger partial charge in [0.2, 0.25) is 0 Å². The van der Waals surface area contributed by atoms with Gasteiger partial charge in [0.05, 0.1) is 17.2 Å². The first kappa shape index (κ1) is 15.7. The molecule has 0 heterocycles. The second kappa shape index (κ2) is 6.38. The Kier molecular flexibility index (Phi) is 4.76. The molecule has 2 nitrogen and oxygen atoms in total. The van der Waals surface area contributed by atoms with Crippen molar-refractivity contribution in [3.05, 3.63) is 29.3 Å². The van der Waals surface area contributed by atoms with Crippen molar-refractivity contribution in [1.29, 1.82) is 5.26 Å². The zero-order valence-electron chi connectivity index (χ0n) is 12.0. The summed E-state index contributed by atoms with van der Waals surface area (Å²) in [7, 11) is 0. The SMILES string of the molecule is CC(Nc1ccc(C(F)(F)F)c(C#N)c1)C1CCCCC1. The number of anilines is 1. The minimum atomic E-state index is -4.49. The van der Waals surface area contributed by atoms with Crippen molar-refractivity contribution in [1.82, 2.24) is 0 Å². The van der Waals surface area contributed by atoms with Gasteiger partial charge in [-0.25, -0.2) is 0 Å². The Labute approximate surface area is 123 Å². The van der Waals surface area contributed by atoms with Gasteiger partial charge in [-0.05, 0) is 43.9 Å². The molecule has 114 valence electrons. The van der Waals surface area contributed by atoms with Crippen molar-refractivity contribution in [3.8, 4) is 6.07 Å². The Morgan fingerprint density at radius 3 is 2.48 bits per heavy atom. The van der Waals surface area contributed by atoms with Crippen LogP contribution in [0.3, 0.4) is 0 Å². The van der Waals surface area contributed by atoms with Crippen molar-refractivity contribution in [3.63, 3.8) is 0 Å². The zero-order valence-corrected chi connectivity index (χ0v) is 12.0. The van der Waals surface area contributed by atoms with E-state index in [0.29, 0.717) is 11.6 Å². The van der Waals surface area contributed by atoms with E-state index >= 15 is 0 Å². The highest BCUT2D eigenvalue weighted by molar-refractivity contribution is 5.54. The summed E-state index contributed by atoms with van der Waals surface area (Å²) in [5.41, 5.74) is -0.623. The van der Waals surface area contributed by atoms with E-state index in [1.807, 2.05) is 0 Å². The molecule has 5 heteroatoms. The van der Waals surface area contributed by atoms with Crippen LogP contribution in [0.5, 0.6) is 0 Å². The lowest BCUT2D eigenvalue weighted by Gasteiger charge is -2.29. The maximum absolute atomic E-state index is 12.7. The number of nitrogens with zero attached hydrogens (tertiary/aromatic N) is 1. The molecule has 0 amide bonds. The van der Waals surface area contributed by atoms with E-state index in [1.165, 1.54) is 31.4 Å². The van der Waals surface area contributed by atoms with Gasteiger partial charge in [0, 0.05) is 11.7 Å². The summed E-state index contributed by atoms with van der Waals surface area (Å²) in [6.07, 6.45) is 1.51. The number of nitriles is 1. The third-order valence-corrected chi connectivity index (χ3v) is 4.20. The molecule has 0 spiro atoms. The monoisotopic (exact) mass is 296 g/mol. The van der Waals surface area contributed by atoms with E-state index in [4.69, 9.17) is 5.26 Å². The van der Waals surface area contributed by atoms with Crippen molar-refractivity contribution in [2.75, 3.05) is 5.32 Å². The van der Waals surface area contributed by atoms with Gasteiger partial charge in [0.25, 0.3) is 0 Å². The van der Waals surface area contributed by atoms with Gasteiger partial charge >= 0.3 is 6.18 Å². The number of hydrogen-bond acceptors (Lipinski definition) is 2. The predicted octanol–water partition coefficient (Wildman–Crippen LogP) is 4.96. The molecule has 1 saturated carbocycles. The molecule has 2 rings (SSSR count). The van der Waals surface area contributed by atoms with E-state index in [-0.39, 0.29) is 11.6 Å². The smallest absolute Gasteiger partial charge is 0.382 e. The topological polar surface area (TPSA) is 35.8 Å². The number of benzene rings is 1. The standard InChI is InChI=1S/C16H19F3N2/c1-11(12-5-3-2-4-6-12)21-14-7-8-15(16(17,18)19)13(9-14)10-20/h7-9,11-12,21H,2-6H2,1H3. The van der Waals surface area contributed by atoms with Crippen LogP contribution in [0.4, 0.5) is 18.9 Å². The fourth-order valence-electron chi connectivity index (χ4n) is 2.99. The van der Waals surface area contributed by atoms with E-state index < -0.39 is 11.7 Å². The van der Waals surface area contributed by atoms with Crippen LogP contribution >= 0.6 is 0 Å². The molecule has 1 aromatic carbocycles. The Hall–Kier alpha value is -1.70. The fraction of sp³-hybridized carbons (Fsp3) is 0.562. The fourth-order valence-corrected chi connectivity index (χ4v) is 2.99. The number of halogens is 3. The lowest BCUT2D eigenvalue weighted by atomic mass is 9.84. The van der Waals surface area contributed by atoms with E-state index in [2.05, 4.69) is 12.2 Å². The summed E-state index contributed by atoms with van der Waals surface area (Å²) < 4.78 is 38.2. The Balaban J connectivity index is 2.12. The van der Waals surface area contributed by atoms with Crippen molar-refractivity contribution < 1.29 is 13.2 Å². The molecule has 0 aromatic heterocycles. The van der Waals surface area contributed by atoms with Crippen LogP contribution in [0.25, 0.3) is 0 Å². The van der Waals surface area contributed by atoms with Crippen LogP contribution in [0.15, 0.2) is 18.2 Å². The molecule has 0 aliphatic heterocycles. The molecule has 1 atom stereocenters. The molecule has 1 aliphatic rings. The quantitative estimate of drug-likeness (QED) is 0.856. The Morgan fingerprint density at radius 2 is 1.90 bits per heavy atom. The normalized spacial score (nSPS) is 18.0. The summed E-state index contributed by atoms with van der Waals surface area (Å²) in [5, 5.41) is 12.2. The van der Waals surface area contributed by atoms with E-state index in [1.54, 1.807) is 6.07 Å². The highest BCUT2D eigenvalue weighted by Gasteiger charge is 2.33. The van der Waals surface area contributed by atoms with Crippen LogP contribution < -0.4 is 5.32 Å². The van der Waals surface area contributed by atoms with Crippen LogP contribution in [-0.2, 0) is 6.18 Å². The molecule has 1 aliphatic carbocycles. The van der Waals surface area contributed by atoms with Crippen molar-refractivity contribution >= 4 is 5.69 Å². The third-order valence-electron chi connectivity index (χ3n) is 4.20. The molecule has 0 bridgehead atoms. The van der Waals surface area contributed by atoms with Gasteiger partial charge < -0.3 is 5.32 Å². The van der Waals surface area contributed by atoms with Crippen LogP contribution in [0.2, 0.25) is 0 Å². The molecular formula is C16H19F3N2. The third kappa shape index (κ3) is 3.90. The lowest BCUT2D eigenvalue weighted by Crippen LogP contribution is -2.27. The summed E-state index contributed by atoms with van der Waals surface area (Å²) in [5.74, 6) is 0.548. The van der Waals surface area contributed by atoms with Crippen LogP contribution in [0, 0.1) is 17.2 Å². The number of alkyl halides is 3. The van der Waals surface area contributed by atoms with E-state index in [0.717, 1.165) is 18.9 Å². The summed E-state index contributed by atoms with van der Waals surface area (Å²) >= 11 is 0. The average Bonchev–Trinajstić information content (AvgIpc) is 2.46. The lowest BCUT2D eigenvalue weighted by molar-refractivity contribution is -0.137. The van der Waals surface area contributed by atoms with Gasteiger partial charge in [-0.1, -0.05) is 19.3 Å². The molecule has 1 fully saturated rings. The van der Waals surface area contributed by atoms with Crippen LogP contribution in [0.1, 0.15) is 50.2 Å². The minimum Gasteiger partial charge on any atom is -0.382 e. The second-order valence-corrected chi connectivity index (χ2v) is 5.70. The molecule has 1 unspecified atom stereocenters. The largest absolute Gasteiger partial charge is 0.417 e. The second-order valence-electron chi connectivity index (χ2n) is 5.70. The number of nitrogens with one attached hydrogen (secondary N) is 1. The summed E-state index contributed by atoms with van der Waals surface area (Å²) in [6, 6.07) is 5.52. The molecule has 0 saturated heterocycles. The summed E-state index contributed by atoms with van der Waals surface area (Å²) in [4.78, 5) is 0. The molecule has 21 heavy (non-hydrogen) atoms. The van der Waals surface area contributed by atoms with Gasteiger partial charge in [-0.3, -0.25) is 0 Å². The van der Waals surface area contributed by atoms with Gasteiger partial charge in [-0.15, -0.1) is 0 Å². The molecule has 1 aromatic rings. The Bertz CT molecular complexity index is 525. The average molecular weight is 296 g/mol. The van der Waals surface area contributed by atoms with Crippen LogP contribution in [-0.4, -0.2) is 6.04 Å². The zero-order chi connectivity index (χ0) is 15.5. The maximum atomic E-state index is 12.7. The maximum Gasteiger partial charge on any atom is 0.417 e. The highest BCUT2D eigenvalue weighted by Crippen LogP contribution is 2.34. The van der Waals surface area contributed by atoms with E-state index in [9.17, 15) is 13.2 Å². The van der Waals surface area contributed by atoms with Gasteiger partial charge in [0.1, 0.15) is 0 Å². The number of rotatable bonds is 3. The number of hydrogen-bond donors (Lipinski definition) is 1. The first-order valence-corrected chi connectivity index (χ1v) is 7.29. The minimum absolute atomic E-state index is 0.202. The predicted molar refractivity (Wildman–Crippen MR) is 75.8 cm³/mol. The Morgan fingerprint density at radius 1 is 1.24 bits per heavy atom. The summed E-state index contributed by atoms with van der Waals surface area (Å²) in [6.45, 7) is 2.06. The molecular weight excluding hydrogens is 277 g/mol. The molecule has 1 N–H and O–H groups in total. The van der Waals surface area contributed by atoms with Crippen molar-refractivity contribution in [2.45, 2.75) is 51.2 Å². The highest BCUT2D eigenvalue weighted by atomic mass is 19.4. The molecule has 0 radical (unpaired) electrons. The van der Waals surface area contributed by atoms with Crippen molar-refractivity contribution in [2.24, 2.45) is 5.92 Å². The first-order valence-electron chi connectivity index (χ1n) is 7.29. The van der Waals surface area contributed by atoms with Gasteiger partial charge in [-0.2, -0.15) is 18.4 Å².